The molecule has 0 spiro atoms. The van der Waals surface area contributed by atoms with Gasteiger partial charge in [-0.15, -0.1) is 0 Å². The molecule has 0 aliphatic heterocycles. The van der Waals surface area contributed by atoms with Gasteiger partial charge in [0.05, 0.1) is 32.2 Å². The zero-order chi connectivity index (χ0) is 25.8. The number of hydrogen-bond acceptors (Lipinski definition) is 8. The van der Waals surface area contributed by atoms with E-state index in [0.29, 0.717) is 19.3 Å². The monoisotopic (exact) mass is 508 g/mol. The van der Waals surface area contributed by atoms with Crippen LogP contribution >= 0.6 is 0 Å². The third kappa shape index (κ3) is 15.3. The molecular weight excluding hydrogens is 464 g/mol. The Balaban J connectivity index is 5.32. The van der Waals surface area contributed by atoms with E-state index in [4.69, 9.17) is 14.2 Å². The average molecular weight is 509 g/mol. The van der Waals surface area contributed by atoms with Crippen LogP contribution in [0.5, 0.6) is 0 Å². The van der Waals surface area contributed by atoms with E-state index in [1.807, 2.05) is 20.8 Å². The molecule has 34 heavy (non-hydrogen) atoms. The molecule has 0 fully saturated rings. The molecule has 0 aromatic rings. The van der Waals surface area contributed by atoms with Crippen molar-refractivity contribution in [3.63, 3.8) is 0 Å². The van der Waals surface area contributed by atoms with E-state index in [1.54, 1.807) is 0 Å². The summed E-state index contributed by atoms with van der Waals surface area (Å²) in [5.74, 6) is -4.92. The molecule has 2 unspecified atom stereocenters. The van der Waals surface area contributed by atoms with E-state index in [-0.39, 0.29) is 19.8 Å². The Bertz CT molecular complexity index is 676. The predicted octanol–water partition coefficient (Wildman–Crippen LogP) is 4.62. The van der Waals surface area contributed by atoms with E-state index >= 15 is 0 Å². The zero-order valence-electron chi connectivity index (χ0n) is 21.1. The van der Waals surface area contributed by atoms with Gasteiger partial charge in [-0.1, -0.05) is 78.6 Å². The topological polar surface area (TPSA) is 133 Å². The van der Waals surface area contributed by atoms with Gasteiger partial charge in [0.1, 0.15) is 0 Å². The van der Waals surface area contributed by atoms with Gasteiger partial charge in [0.25, 0.3) is 10.1 Å². The molecule has 0 saturated carbocycles. The van der Waals surface area contributed by atoms with E-state index in [9.17, 15) is 27.4 Å². The number of carbonyl (C=O) groups is 3. The fraction of sp³-hybridized carbons (Fsp3) is 0.875. The molecule has 0 heterocycles. The van der Waals surface area contributed by atoms with Crippen LogP contribution in [-0.4, -0.2) is 55.9 Å². The Hall–Kier alpha value is -1.68. The van der Waals surface area contributed by atoms with Gasteiger partial charge in [0.2, 0.25) is 0 Å². The molecule has 0 saturated heterocycles. The lowest BCUT2D eigenvalue weighted by Gasteiger charge is -2.22. The van der Waals surface area contributed by atoms with Crippen molar-refractivity contribution in [3.8, 4) is 0 Å². The fourth-order valence-electron chi connectivity index (χ4n) is 3.35. The molecule has 10 heteroatoms. The lowest BCUT2D eigenvalue weighted by Crippen LogP contribution is -2.44. The molecule has 0 radical (unpaired) electrons. The number of unbranched alkanes of at least 4 members (excludes halogenated alkanes) is 9. The molecule has 0 aromatic carbocycles. The molecule has 2 atom stereocenters. The molecule has 0 aromatic heterocycles. The second kappa shape index (κ2) is 19.6. The highest BCUT2D eigenvalue weighted by molar-refractivity contribution is 7.87. The standard InChI is InChI=1S/C24H44O9S/c1-4-7-10-13-16-31-21(25)19-20(23(26)32-17-14-11-8-5-2)22(34(28,29)30)24(27)33-18-15-12-9-6-3/h20,22H,4-19H2,1-3H3,(H,28,29,30). The van der Waals surface area contributed by atoms with Crippen LogP contribution in [-0.2, 0) is 38.7 Å². The highest BCUT2D eigenvalue weighted by atomic mass is 32.2. The highest BCUT2D eigenvalue weighted by Gasteiger charge is 2.46. The lowest BCUT2D eigenvalue weighted by molar-refractivity contribution is -0.159. The molecule has 200 valence electrons. The number of esters is 3. The first-order valence-electron chi connectivity index (χ1n) is 12.6. The van der Waals surface area contributed by atoms with Crippen molar-refractivity contribution in [2.24, 2.45) is 5.92 Å². The maximum atomic E-state index is 12.7. The molecule has 0 rings (SSSR count). The molecule has 9 nitrogen and oxygen atoms in total. The van der Waals surface area contributed by atoms with Gasteiger partial charge < -0.3 is 14.2 Å². The maximum absolute atomic E-state index is 12.7. The quantitative estimate of drug-likeness (QED) is 0.102. The normalized spacial score (nSPS) is 13.2. The van der Waals surface area contributed by atoms with Crippen LogP contribution in [0.3, 0.4) is 0 Å². The van der Waals surface area contributed by atoms with Gasteiger partial charge in [0.15, 0.2) is 5.25 Å². The van der Waals surface area contributed by atoms with Gasteiger partial charge in [-0.3, -0.25) is 18.9 Å². The minimum absolute atomic E-state index is 0.0195. The Morgan fingerprint density at radius 1 is 0.647 bits per heavy atom. The third-order valence-corrected chi connectivity index (χ3v) is 6.52. The van der Waals surface area contributed by atoms with Crippen molar-refractivity contribution < 1.29 is 41.6 Å². The molecule has 0 aliphatic carbocycles. The van der Waals surface area contributed by atoms with Crippen molar-refractivity contribution in [1.29, 1.82) is 0 Å². The van der Waals surface area contributed by atoms with Crippen molar-refractivity contribution in [1.82, 2.24) is 0 Å². The maximum Gasteiger partial charge on any atom is 0.327 e. The summed E-state index contributed by atoms with van der Waals surface area (Å²) in [6.07, 6.45) is 9.29. The van der Waals surface area contributed by atoms with Gasteiger partial charge in [-0.25, -0.2) is 0 Å². The van der Waals surface area contributed by atoms with Gasteiger partial charge in [-0.05, 0) is 19.3 Å². The summed E-state index contributed by atoms with van der Waals surface area (Å²) >= 11 is 0. The number of rotatable bonds is 21. The first-order chi connectivity index (χ1) is 16.2. The summed E-state index contributed by atoms with van der Waals surface area (Å²) in [6.45, 7) is 6.18. The SMILES string of the molecule is CCCCCCOC(=O)CC(C(=O)OCCCCCC)C(C(=O)OCCCCCC)S(=O)(=O)O. The Kier molecular flexibility index (Phi) is 18.6. The number of ether oxygens (including phenoxy) is 3. The number of carbonyl (C=O) groups excluding carboxylic acids is 3. The Morgan fingerprint density at radius 3 is 1.47 bits per heavy atom. The molecule has 0 amide bonds. The molecule has 0 aliphatic rings. The van der Waals surface area contributed by atoms with Crippen molar-refractivity contribution in [3.05, 3.63) is 0 Å². The zero-order valence-corrected chi connectivity index (χ0v) is 21.9. The largest absolute Gasteiger partial charge is 0.466 e. The summed E-state index contributed by atoms with van der Waals surface area (Å²) in [4.78, 5) is 37.6. The molecule has 1 N–H and O–H groups in total. The van der Waals surface area contributed by atoms with E-state index < -0.39 is 45.6 Å². The van der Waals surface area contributed by atoms with Crippen molar-refractivity contribution >= 4 is 28.0 Å². The van der Waals surface area contributed by atoms with E-state index in [2.05, 4.69) is 0 Å². The third-order valence-electron chi connectivity index (χ3n) is 5.35. The summed E-state index contributed by atoms with van der Waals surface area (Å²) in [6, 6.07) is 0. The second-order valence-electron chi connectivity index (χ2n) is 8.48. The molecular formula is C24H44O9S. The van der Waals surface area contributed by atoms with E-state index in [0.717, 1.165) is 57.8 Å². The van der Waals surface area contributed by atoms with E-state index in [1.165, 1.54) is 0 Å². The summed E-state index contributed by atoms with van der Waals surface area (Å²) < 4.78 is 49.2. The average Bonchev–Trinajstić information content (AvgIpc) is 2.77. The Labute approximate surface area is 205 Å². The second-order valence-corrected chi connectivity index (χ2v) is 10.0. The van der Waals surface area contributed by atoms with Crippen LogP contribution in [0, 0.1) is 5.92 Å². The summed E-state index contributed by atoms with van der Waals surface area (Å²) in [5.41, 5.74) is 0. The minimum Gasteiger partial charge on any atom is -0.466 e. The Morgan fingerprint density at radius 2 is 1.06 bits per heavy atom. The molecule has 0 bridgehead atoms. The van der Waals surface area contributed by atoms with Gasteiger partial charge in [0, 0.05) is 0 Å². The van der Waals surface area contributed by atoms with Gasteiger partial charge >= 0.3 is 17.9 Å². The smallest absolute Gasteiger partial charge is 0.327 e. The first-order valence-corrected chi connectivity index (χ1v) is 14.1. The van der Waals surface area contributed by atoms with Crippen LogP contribution in [0.15, 0.2) is 0 Å². The lowest BCUT2D eigenvalue weighted by atomic mass is 10.0. The van der Waals surface area contributed by atoms with Crippen molar-refractivity contribution in [2.45, 2.75) is 109 Å². The summed E-state index contributed by atoms with van der Waals surface area (Å²) in [7, 11) is -5.06. The first kappa shape index (κ1) is 32.3. The summed E-state index contributed by atoms with van der Waals surface area (Å²) in [5, 5.41) is -2.26. The van der Waals surface area contributed by atoms with Crippen molar-refractivity contribution in [2.75, 3.05) is 19.8 Å². The minimum atomic E-state index is -5.06. The van der Waals surface area contributed by atoms with Crippen LogP contribution in [0.2, 0.25) is 0 Å². The fourth-order valence-corrected chi connectivity index (χ4v) is 4.29. The van der Waals surface area contributed by atoms with Crippen LogP contribution in [0.25, 0.3) is 0 Å². The highest BCUT2D eigenvalue weighted by Crippen LogP contribution is 2.22. The van der Waals surface area contributed by atoms with Crippen LogP contribution in [0.1, 0.15) is 104 Å². The van der Waals surface area contributed by atoms with Gasteiger partial charge in [-0.2, -0.15) is 8.42 Å². The number of hydrogen-bond donors (Lipinski definition) is 1. The van der Waals surface area contributed by atoms with Crippen LogP contribution < -0.4 is 0 Å². The predicted molar refractivity (Wildman–Crippen MR) is 129 cm³/mol. The van der Waals surface area contributed by atoms with Crippen LogP contribution in [0.4, 0.5) is 0 Å².